The lowest BCUT2D eigenvalue weighted by Gasteiger charge is -2.24. The van der Waals surface area contributed by atoms with Crippen molar-refractivity contribution >= 4 is 34.5 Å². The van der Waals surface area contributed by atoms with Crippen LogP contribution >= 0.6 is 11.6 Å². The molecule has 13 heteroatoms. The standard InChI is InChI=1S/C28H31ClN8O4/c1-16-32-25(36-41-16)17-2-3-21(23(29)13-17)22-12-18-14-31-28(34-20-6-10-40-11-7-20)35-26(18)37(27(22)39)15-24(38)33-19-4-8-30-9-5-19/h2-3,12-14,19-20,30H,4-11,15H2,1H3,(H,33,38)(H,31,34,35). The molecule has 2 aliphatic rings. The molecule has 4 aromatic rings. The van der Waals surface area contributed by atoms with Crippen molar-refractivity contribution in [2.75, 3.05) is 31.6 Å². The fourth-order valence-electron chi connectivity index (χ4n) is 5.26. The average Bonchev–Trinajstić information content (AvgIpc) is 3.42. The molecule has 41 heavy (non-hydrogen) atoms. The fraction of sp³-hybridized carbons (Fsp3) is 0.429. The normalized spacial score (nSPS) is 16.6. The van der Waals surface area contributed by atoms with Crippen molar-refractivity contribution in [3.63, 3.8) is 0 Å². The van der Waals surface area contributed by atoms with Crippen LogP contribution in [0.15, 0.2) is 39.8 Å². The number of hydrogen-bond donors (Lipinski definition) is 3. The molecule has 0 spiro atoms. The number of aromatic nitrogens is 5. The lowest BCUT2D eigenvalue weighted by Crippen LogP contribution is -2.44. The van der Waals surface area contributed by atoms with Gasteiger partial charge in [-0.25, -0.2) is 4.98 Å². The average molecular weight is 579 g/mol. The quantitative estimate of drug-likeness (QED) is 0.299. The van der Waals surface area contributed by atoms with E-state index in [1.165, 1.54) is 4.57 Å². The van der Waals surface area contributed by atoms with Crippen molar-refractivity contribution in [3.05, 3.63) is 51.7 Å². The van der Waals surface area contributed by atoms with Crippen molar-refractivity contribution in [2.24, 2.45) is 0 Å². The molecule has 2 saturated heterocycles. The fourth-order valence-corrected chi connectivity index (χ4v) is 5.55. The van der Waals surface area contributed by atoms with Crippen LogP contribution in [0, 0.1) is 6.92 Å². The van der Waals surface area contributed by atoms with E-state index in [-0.39, 0.29) is 30.1 Å². The molecule has 3 N–H and O–H groups in total. The number of ether oxygens (including phenoxy) is 1. The zero-order valence-electron chi connectivity index (χ0n) is 22.7. The second-order valence-electron chi connectivity index (χ2n) is 10.4. The van der Waals surface area contributed by atoms with E-state index in [1.807, 2.05) is 0 Å². The molecule has 0 saturated carbocycles. The summed E-state index contributed by atoms with van der Waals surface area (Å²) >= 11 is 6.69. The summed E-state index contributed by atoms with van der Waals surface area (Å²) in [5, 5.41) is 14.6. The maximum atomic E-state index is 14.0. The summed E-state index contributed by atoms with van der Waals surface area (Å²) in [7, 11) is 0. The van der Waals surface area contributed by atoms with Crippen molar-refractivity contribution in [1.82, 2.24) is 35.3 Å². The zero-order chi connectivity index (χ0) is 28.3. The van der Waals surface area contributed by atoms with Gasteiger partial charge in [0.1, 0.15) is 12.2 Å². The maximum absolute atomic E-state index is 14.0. The van der Waals surface area contributed by atoms with Crippen LogP contribution < -0.4 is 21.5 Å². The molecule has 2 aliphatic heterocycles. The Bertz CT molecular complexity index is 1630. The molecular formula is C28H31ClN8O4. The molecule has 5 heterocycles. The first-order valence-electron chi connectivity index (χ1n) is 13.8. The Morgan fingerprint density at radius 1 is 1.10 bits per heavy atom. The first-order chi connectivity index (χ1) is 19.9. The van der Waals surface area contributed by atoms with E-state index in [4.69, 9.17) is 25.8 Å². The summed E-state index contributed by atoms with van der Waals surface area (Å²) < 4.78 is 11.9. The number of benzene rings is 1. The highest BCUT2D eigenvalue weighted by Gasteiger charge is 2.21. The number of carbonyl (C=O) groups is 1. The predicted octanol–water partition coefficient (Wildman–Crippen LogP) is 2.93. The minimum absolute atomic E-state index is 0.0602. The Morgan fingerprint density at radius 3 is 2.63 bits per heavy atom. The van der Waals surface area contributed by atoms with Crippen molar-refractivity contribution < 1.29 is 14.1 Å². The number of amides is 1. The number of halogens is 1. The number of nitrogens with one attached hydrogen (secondary N) is 3. The molecule has 6 rings (SSSR count). The summed E-state index contributed by atoms with van der Waals surface area (Å²) in [6.07, 6.45) is 5.02. The molecule has 0 radical (unpaired) electrons. The molecule has 1 aromatic carbocycles. The van der Waals surface area contributed by atoms with Gasteiger partial charge in [-0.2, -0.15) is 9.97 Å². The number of carbonyl (C=O) groups excluding carboxylic acids is 1. The maximum Gasteiger partial charge on any atom is 0.260 e. The highest BCUT2D eigenvalue weighted by Crippen LogP contribution is 2.31. The Kier molecular flexibility index (Phi) is 7.95. The lowest BCUT2D eigenvalue weighted by molar-refractivity contribution is -0.122. The SMILES string of the molecule is Cc1nc(-c2ccc(-c3cc4cnc(NC5CCOCC5)nc4n(CC(=O)NC4CCNCC4)c3=O)c(Cl)c2)no1. The number of piperidine rings is 1. The van der Waals surface area contributed by atoms with Gasteiger partial charge in [-0.1, -0.05) is 28.9 Å². The summed E-state index contributed by atoms with van der Waals surface area (Å²) in [6.45, 7) is 4.55. The molecular weight excluding hydrogens is 548 g/mol. The third-order valence-corrected chi connectivity index (χ3v) is 7.75. The first-order valence-corrected chi connectivity index (χ1v) is 14.2. The topological polar surface area (TPSA) is 149 Å². The Balaban J connectivity index is 1.38. The number of nitrogens with zero attached hydrogens (tertiary/aromatic N) is 5. The largest absolute Gasteiger partial charge is 0.381 e. The van der Waals surface area contributed by atoms with E-state index in [1.54, 1.807) is 37.4 Å². The van der Waals surface area contributed by atoms with Gasteiger partial charge >= 0.3 is 0 Å². The molecule has 2 fully saturated rings. The number of anilines is 1. The summed E-state index contributed by atoms with van der Waals surface area (Å²) in [5.74, 6) is 0.997. The minimum Gasteiger partial charge on any atom is -0.381 e. The van der Waals surface area contributed by atoms with Crippen LogP contribution in [0.5, 0.6) is 0 Å². The van der Waals surface area contributed by atoms with Crippen molar-refractivity contribution in [1.29, 1.82) is 0 Å². The van der Waals surface area contributed by atoms with Crippen molar-refractivity contribution in [3.8, 4) is 22.5 Å². The monoisotopic (exact) mass is 578 g/mol. The Labute approximate surface area is 240 Å². The van der Waals surface area contributed by atoms with Gasteiger partial charge in [-0.05, 0) is 50.9 Å². The van der Waals surface area contributed by atoms with Gasteiger partial charge in [0.15, 0.2) is 0 Å². The molecule has 0 bridgehead atoms. The van der Waals surface area contributed by atoms with Gasteiger partial charge in [-0.15, -0.1) is 0 Å². The molecule has 3 aromatic heterocycles. The van der Waals surface area contributed by atoms with Gasteiger partial charge in [-0.3, -0.25) is 14.2 Å². The predicted molar refractivity (Wildman–Crippen MR) is 154 cm³/mol. The Morgan fingerprint density at radius 2 is 1.90 bits per heavy atom. The van der Waals surface area contributed by atoms with E-state index in [2.05, 4.69) is 31.1 Å². The summed E-state index contributed by atoms with van der Waals surface area (Å²) in [5.41, 5.74) is 1.50. The molecule has 12 nitrogen and oxygen atoms in total. The smallest absolute Gasteiger partial charge is 0.260 e. The third-order valence-electron chi connectivity index (χ3n) is 7.43. The molecule has 1 amide bonds. The Hall–Kier alpha value is -3.87. The van der Waals surface area contributed by atoms with Gasteiger partial charge in [0.2, 0.25) is 23.6 Å². The van der Waals surface area contributed by atoms with Crippen LogP contribution in [0.4, 0.5) is 5.95 Å². The number of fused-ring (bicyclic) bond motifs is 1. The van der Waals surface area contributed by atoms with Crippen LogP contribution in [0.3, 0.4) is 0 Å². The third kappa shape index (κ3) is 6.09. The van der Waals surface area contributed by atoms with E-state index < -0.39 is 0 Å². The number of aryl methyl sites for hydroxylation is 1. The van der Waals surface area contributed by atoms with Gasteiger partial charge in [0, 0.05) is 65.5 Å². The second kappa shape index (κ2) is 11.9. The van der Waals surface area contributed by atoms with Crippen LogP contribution in [0.2, 0.25) is 5.02 Å². The lowest BCUT2D eigenvalue weighted by atomic mass is 10.0. The van der Waals surface area contributed by atoms with Crippen LogP contribution in [0.25, 0.3) is 33.5 Å². The summed E-state index contributed by atoms with van der Waals surface area (Å²) in [6, 6.07) is 7.16. The van der Waals surface area contributed by atoms with Crippen LogP contribution in [0.1, 0.15) is 31.6 Å². The van der Waals surface area contributed by atoms with Gasteiger partial charge in [0.25, 0.3) is 5.56 Å². The van der Waals surface area contributed by atoms with Gasteiger partial charge in [0.05, 0.1) is 0 Å². The van der Waals surface area contributed by atoms with E-state index in [0.717, 1.165) is 38.8 Å². The number of pyridine rings is 1. The van der Waals surface area contributed by atoms with Gasteiger partial charge < -0.3 is 25.2 Å². The van der Waals surface area contributed by atoms with E-state index >= 15 is 0 Å². The van der Waals surface area contributed by atoms with Crippen LogP contribution in [-0.4, -0.2) is 69.0 Å². The van der Waals surface area contributed by atoms with E-state index in [9.17, 15) is 9.59 Å². The highest BCUT2D eigenvalue weighted by molar-refractivity contribution is 6.33. The summed E-state index contributed by atoms with van der Waals surface area (Å²) in [4.78, 5) is 40.6. The molecule has 0 aliphatic carbocycles. The molecule has 0 atom stereocenters. The number of hydrogen-bond acceptors (Lipinski definition) is 10. The number of rotatable bonds is 7. The first kappa shape index (κ1) is 27.3. The molecule has 0 unspecified atom stereocenters. The zero-order valence-corrected chi connectivity index (χ0v) is 23.4. The van der Waals surface area contributed by atoms with Crippen LogP contribution in [-0.2, 0) is 16.1 Å². The highest BCUT2D eigenvalue weighted by atomic mass is 35.5. The van der Waals surface area contributed by atoms with E-state index in [0.29, 0.717) is 63.6 Å². The second-order valence-corrected chi connectivity index (χ2v) is 10.8. The molecule has 214 valence electrons. The van der Waals surface area contributed by atoms with Crippen molar-refractivity contribution in [2.45, 2.75) is 51.2 Å². The minimum atomic E-state index is -0.376.